The van der Waals surface area contributed by atoms with Crippen molar-refractivity contribution < 1.29 is 31.8 Å². The summed E-state index contributed by atoms with van der Waals surface area (Å²) in [6.45, 7) is 0. The molecule has 0 saturated heterocycles. The SMILES string of the molecule is COC(=O)c1nc(F)cc(CCl)c1OC(F)(F)F. The lowest BCUT2D eigenvalue weighted by molar-refractivity contribution is -0.275. The molecule has 0 fully saturated rings. The maximum atomic E-state index is 13.0. The highest BCUT2D eigenvalue weighted by molar-refractivity contribution is 6.17. The molecule has 0 amide bonds. The number of esters is 1. The lowest BCUT2D eigenvalue weighted by Gasteiger charge is -2.14. The quantitative estimate of drug-likeness (QED) is 0.371. The van der Waals surface area contributed by atoms with E-state index in [2.05, 4.69) is 14.5 Å². The van der Waals surface area contributed by atoms with Crippen molar-refractivity contribution in [2.75, 3.05) is 7.11 Å². The van der Waals surface area contributed by atoms with E-state index in [1.165, 1.54) is 0 Å². The van der Waals surface area contributed by atoms with Gasteiger partial charge in [0.15, 0.2) is 11.4 Å². The van der Waals surface area contributed by atoms with Crippen LogP contribution in [-0.4, -0.2) is 24.4 Å². The molecule has 0 N–H and O–H groups in total. The van der Waals surface area contributed by atoms with Gasteiger partial charge in [0.05, 0.1) is 13.0 Å². The molecular weight excluding hydrogens is 282 g/mol. The summed E-state index contributed by atoms with van der Waals surface area (Å²) in [6.07, 6.45) is -5.07. The number of hydrogen-bond acceptors (Lipinski definition) is 4. The van der Waals surface area contributed by atoms with Crippen LogP contribution >= 0.6 is 11.6 Å². The second-order valence-electron chi connectivity index (χ2n) is 2.95. The Labute approximate surface area is 103 Å². The van der Waals surface area contributed by atoms with Crippen molar-refractivity contribution in [3.8, 4) is 5.75 Å². The third kappa shape index (κ3) is 3.46. The molecule has 100 valence electrons. The molecule has 1 aromatic rings. The van der Waals surface area contributed by atoms with Gasteiger partial charge in [-0.15, -0.1) is 24.8 Å². The first-order chi connectivity index (χ1) is 8.28. The van der Waals surface area contributed by atoms with Crippen molar-refractivity contribution in [3.63, 3.8) is 0 Å². The Morgan fingerprint density at radius 2 is 2.11 bits per heavy atom. The maximum absolute atomic E-state index is 13.0. The standard InChI is InChI=1S/C9H6ClF4NO3/c1-17-8(16)6-7(18-9(12,13)14)4(3-10)2-5(11)15-6/h2H,3H2,1H3. The Morgan fingerprint density at radius 3 is 2.56 bits per heavy atom. The number of ether oxygens (including phenoxy) is 2. The van der Waals surface area contributed by atoms with Crippen molar-refractivity contribution in [1.82, 2.24) is 4.98 Å². The first-order valence-corrected chi connectivity index (χ1v) is 4.91. The lowest BCUT2D eigenvalue weighted by Crippen LogP contribution is -2.21. The molecule has 18 heavy (non-hydrogen) atoms. The predicted octanol–water partition coefficient (Wildman–Crippen LogP) is 2.64. The van der Waals surface area contributed by atoms with E-state index in [4.69, 9.17) is 11.6 Å². The number of halogens is 5. The molecule has 0 aliphatic carbocycles. The van der Waals surface area contributed by atoms with E-state index in [-0.39, 0.29) is 5.56 Å². The molecule has 0 aliphatic heterocycles. The van der Waals surface area contributed by atoms with Gasteiger partial charge in [-0.2, -0.15) is 4.39 Å². The van der Waals surface area contributed by atoms with E-state index in [0.717, 1.165) is 7.11 Å². The van der Waals surface area contributed by atoms with Gasteiger partial charge in [0.25, 0.3) is 0 Å². The Bertz CT molecular complexity index is 464. The van der Waals surface area contributed by atoms with Gasteiger partial charge in [-0.05, 0) is 0 Å². The zero-order valence-corrected chi connectivity index (χ0v) is 9.60. The van der Waals surface area contributed by atoms with Gasteiger partial charge in [0.1, 0.15) is 0 Å². The second-order valence-corrected chi connectivity index (χ2v) is 3.22. The minimum absolute atomic E-state index is 0.359. The summed E-state index contributed by atoms with van der Waals surface area (Å²) in [5.41, 5.74) is -1.28. The van der Waals surface area contributed by atoms with Crippen molar-refractivity contribution in [2.24, 2.45) is 0 Å². The Kier molecular flexibility index (Phi) is 4.33. The number of hydrogen-bond donors (Lipinski definition) is 0. The molecule has 0 atom stereocenters. The van der Waals surface area contributed by atoms with E-state index < -0.39 is 35.6 Å². The summed E-state index contributed by atoms with van der Waals surface area (Å²) >= 11 is 5.36. The van der Waals surface area contributed by atoms with E-state index in [1.807, 2.05) is 0 Å². The van der Waals surface area contributed by atoms with Crippen LogP contribution in [0.15, 0.2) is 6.07 Å². The van der Waals surface area contributed by atoms with Gasteiger partial charge in [-0.3, -0.25) is 0 Å². The molecule has 0 saturated carbocycles. The van der Waals surface area contributed by atoms with Gasteiger partial charge in [0, 0.05) is 11.6 Å². The van der Waals surface area contributed by atoms with E-state index in [1.54, 1.807) is 0 Å². The number of nitrogens with zero attached hydrogens (tertiary/aromatic N) is 1. The monoisotopic (exact) mass is 287 g/mol. The van der Waals surface area contributed by atoms with Gasteiger partial charge >= 0.3 is 12.3 Å². The number of carbonyl (C=O) groups is 1. The summed E-state index contributed by atoms with van der Waals surface area (Å²) in [7, 11) is 0.909. The number of alkyl halides is 4. The van der Waals surface area contributed by atoms with Crippen LogP contribution in [0.3, 0.4) is 0 Å². The van der Waals surface area contributed by atoms with Gasteiger partial charge in [0.2, 0.25) is 5.95 Å². The summed E-state index contributed by atoms with van der Waals surface area (Å²) in [5.74, 6) is -3.89. The van der Waals surface area contributed by atoms with Crippen LogP contribution in [0.2, 0.25) is 0 Å². The third-order valence-electron chi connectivity index (χ3n) is 1.76. The minimum atomic E-state index is -5.07. The number of methoxy groups -OCH3 is 1. The Morgan fingerprint density at radius 1 is 1.50 bits per heavy atom. The molecule has 0 aliphatic rings. The van der Waals surface area contributed by atoms with E-state index >= 15 is 0 Å². The average Bonchev–Trinajstić information content (AvgIpc) is 2.28. The first kappa shape index (κ1) is 14.5. The fourth-order valence-electron chi connectivity index (χ4n) is 1.12. The number of rotatable bonds is 3. The first-order valence-electron chi connectivity index (χ1n) is 4.38. The van der Waals surface area contributed by atoms with Crippen LogP contribution in [0.1, 0.15) is 16.1 Å². The van der Waals surface area contributed by atoms with Crippen LogP contribution in [0, 0.1) is 5.95 Å². The van der Waals surface area contributed by atoms with E-state index in [0.29, 0.717) is 6.07 Å². The van der Waals surface area contributed by atoms with Crippen LogP contribution in [-0.2, 0) is 10.6 Å². The van der Waals surface area contributed by atoms with Gasteiger partial charge < -0.3 is 9.47 Å². The highest BCUT2D eigenvalue weighted by atomic mass is 35.5. The molecule has 0 radical (unpaired) electrons. The molecule has 0 bridgehead atoms. The maximum Gasteiger partial charge on any atom is 0.573 e. The smallest absolute Gasteiger partial charge is 0.464 e. The molecule has 1 heterocycles. The number of pyridine rings is 1. The van der Waals surface area contributed by atoms with Gasteiger partial charge in [-0.1, -0.05) is 0 Å². The zero-order valence-electron chi connectivity index (χ0n) is 8.85. The zero-order chi connectivity index (χ0) is 13.9. The second kappa shape index (κ2) is 5.38. The molecule has 4 nitrogen and oxygen atoms in total. The Hall–Kier alpha value is -1.57. The summed E-state index contributed by atoms with van der Waals surface area (Å²) < 4.78 is 57.3. The fourth-order valence-corrected chi connectivity index (χ4v) is 1.31. The topological polar surface area (TPSA) is 48.4 Å². The van der Waals surface area contributed by atoms with Gasteiger partial charge in [-0.25, -0.2) is 9.78 Å². The molecule has 0 spiro atoms. The van der Waals surface area contributed by atoms with Crippen molar-refractivity contribution >= 4 is 17.6 Å². The molecule has 0 unspecified atom stereocenters. The lowest BCUT2D eigenvalue weighted by atomic mass is 10.2. The highest BCUT2D eigenvalue weighted by Crippen LogP contribution is 2.31. The average molecular weight is 288 g/mol. The molecule has 0 aromatic carbocycles. The largest absolute Gasteiger partial charge is 0.573 e. The van der Waals surface area contributed by atoms with E-state index in [9.17, 15) is 22.4 Å². The predicted molar refractivity (Wildman–Crippen MR) is 51.8 cm³/mol. The highest BCUT2D eigenvalue weighted by Gasteiger charge is 2.35. The third-order valence-corrected chi connectivity index (χ3v) is 2.05. The number of carbonyl (C=O) groups excluding carboxylic acids is 1. The Balaban J connectivity index is 3.38. The molecular formula is C9H6ClF4NO3. The van der Waals surface area contributed by atoms with Crippen molar-refractivity contribution in [2.45, 2.75) is 12.2 Å². The van der Waals surface area contributed by atoms with Crippen LogP contribution < -0.4 is 4.74 Å². The number of aromatic nitrogens is 1. The van der Waals surface area contributed by atoms with Crippen LogP contribution in [0.25, 0.3) is 0 Å². The summed E-state index contributed by atoms with van der Waals surface area (Å²) in [5, 5.41) is 0. The van der Waals surface area contributed by atoms with Crippen molar-refractivity contribution in [1.29, 1.82) is 0 Å². The summed E-state index contributed by atoms with van der Waals surface area (Å²) in [4.78, 5) is 14.2. The van der Waals surface area contributed by atoms with Crippen molar-refractivity contribution in [3.05, 3.63) is 23.3 Å². The fraction of sp³-hybridized carbons (Fsp3) is 0.333. The molecule has 9 heteroatoms. The normalized spacial score (nSPS) is 11.2. The van der Waals surface area contributed by atoms with Crippen LogP contribution in [0.5, 0.6) is 5.75 Å². The van der Waals surface area contributed by atoms with Crippen LogP contribution in [0.4, 0.5) is 17.6 Å². The molecule has 1 rings (SSSR count). The molecule has 1 aromatic heterocycles. The summed E-state index contributed by atoms with van der Waals surface area (Å²) in [6, 6.07) is 0.639. The minimum Gasteiger partial charge on any atom is -0.464 e.